The summed E-state index contributed by atoms with van der Waals surface area (Å²) in [5, 5.41) is 11.9. The summed E-state index contributed by atoms with van der Waals surface area (Å²) in [6.07, 6.45) is 3.62. The number of piperazine rings is 1. The summed E-state index contributed by atoms with van der Waals surface area (Å²) in [5.41, 5.74) is 3.86. The van der Waals surface area contributed by atoms with Crippen LogP contribution in [0.1, 0.15) is 13.8 Å². The Bertz CT molecular complexity index is 974. The predicted octanol–water partition coefficient (Wildman–Crippen LogP) is 2.04. The van der Waals surface area contributed by atoms with Crippen LogP contribution in [0.4, 0.5) is 11.5 Å². The SMILES string of the molecule is C[C@@H]1CN(c2cc(N3CCOCC3)nc3c(-c4ccn[nH]4)nccc23)C[C@H](C)N1. The first-order valence-electron chi connectivity index (χ1n) is 10.3. The molecule has 2 saturated heterocycles. The molecule has 29 heavy (non-hydrogen) atoms. The third kappa shape index (κ3) is 3.54. The first kappa shape index (κ1) is 18.3. The lowest BCUT2D eigenvalue weighted by Gasteiger charge is -2.39. The fraction of sp³-hybridized carbons (Fsp3) is 0.476. The largest absolute Gasteiger partial charge is 0.378 e. The van der Waals surface area contributed by atoms with Crippen molar-refractivity contribution in [2.45, 2.75) is 25.9 Å². The zero-order chi connectivity index (χ0) is 19.8. The van der Waals surface area contributed by atoms with Crippen LogP contribution in [-0.4, -0.2) is 71.6 Å². The van der Waals surface area contributed by atoms with E-state index in [9.17, 15) is 0 Å². The molecule has 5 heterocycles. The Morgan fingerprint density at radius 3 is 2.55 bits per heavy atom. The van der Waals surface area contributed by atoms with Gasteiger partial charge in [0.2, 0.25) is 0 Å². The van der Waals surface area contributed by atoms with E-state index >= 15 is 0 Å². The highest BCUT2D eigenvalue weighted by Crippen LogP contribution is 2.35. The van der Waals surface area contributed by atoms with E-state index in [-0.39, 0.29) is 0 Å². The average molecular weight is 393 g/mol. The molecule has 152 valence electrons. The van der Waals surface area contributed by atoms with Gasteiger partial charge in [0.05, 0.1) is 24.6 Å². The van der Waals surface area contributed by atoms with E-state index in [1.54, 1.807) is 6.20 Å². The molecule has 2 fully saturated rings. The highest BCUT2D eigenvalue weighted by molar-refractivity contribution is 6.00. The number of aromatic amines is 1. The Morgan fingerprint density at radius 2 is 1.83 bits per heavy atom. The number of aromatic nitrogens is 4. The van der Waals surface area contributed by atoms with Gasteiger partial charge in [0, 0.05) is 62.1 Å². The standard InChI is InChI=1S/C21H27N7O/c1-14-12-28(13-15(2)24-14)18-11-19(27-7-9-29-10-8-27)25-20-16(18)3-5-22-21(20)17-4-6-23-26-17/h3-6,11,14-15,24H,7-10,12-13H2,1-2H3,(H,23,26)/t14-,15+. The van der Waals surface area contributed by atoms with Crippen LogP contribution < -0.4 is 15.1 Å². The van der Waals surface area contributed by atoms with Crippen molar-refractivity contribution in [1.29, 1.82) is 0 Å². The van der Waals surface area contributed by atoms with Gasteiger partial charge in [-0.1, -0.05) is 0 Å². The lowest BCUT2D eigenvalue weighted by atomic mass is 10.1. The van der Waals surface area contributed by atoms with Gasteiger partial charge in [0.1, 0.15) is 17.0 Å². The van der Waals surface area contributed by atoms with Crippen molar-refractivity contribution in [3.63, 3.8) is 0 Å². The molecule has 0 unspecified atom stereocenters. The minimum absolute atomic E-state index is 0.433. The molecule has 0 saturated carbocycles. The van der Waals surface area contributed by atoms with E-state index in [1.165, 1.54) is 5.69 Å². The number of anilines is 2. The number of hydrogen-bond donors (Lipinski definition) is 2. The minimum Gasteiger partial charge on any atom is -0.378 e. The van der Waals surface area contributed by atoms with E-state index in [4.69, 9.17) is 9.72 Å². The second-order valence-electron chi connectivity index (χ2n) is 8.00. The quantitative estimate of drug-likeness (QED) is 0.705. The van der Waals surface area contributed by atoms with E-state index in [2.05, 4.69) is 56.3 Å². The fourth-order valence-corrected chi connectivity index (χ4v) is 4.45. The van der Waals surface area contributed by atoms with Gasteiger partial charge in [-0.2, -0.15) is 5.10 Å². The molecule has 2 atom stereocenters. The van der Waals surface area contributed by atoms with Gasteiger partial charge in [0.25, 0.3) is 0 Å². The smallest absolute Gasteiger partial charge is 0.131 e. The molecule has 2 aliphatic rings. The Balaban J connectivity index is 1.68. The number of morpholine rings is 1. The number of H-pyrrole nitrogens is 1. The van der Waals surface area contributed by atoms with Gasteiger partial charge >= 0.3 is 0 Å². The summed E-state index contributed by atoms with van der Waals surface area (Å²) in [4.78, 5) is 14.5. The Labute approximate surface area is 170 Å². The van der Waals surface area contributed by atoms with Crippen LogP contribution in [0.15, 0.2) is 30.6 Å². The van der Waals surface area contributed by atoms with Crippen LogP contribution in [0.3, 0.4) is 0 Å². The highest BCUT2D eigenvalue weighted by Gasteiger charge is 2.25. The molecular weight excluding hydrogens is 366 g/mol. The van der Waals surface area contributed by atoms with Crippen molar-refractivity contribution in [1.82, 2.24) is 25.5 Å². The van der Waals surface area contributed by atoms with Gasteiger partial charge in [-0.05, 0) is 26.0 Å². The molecule has 0 spiro atoms. The molecule has 0 bridgehead atoms. The molecule has 3 aromatic heterocycles. The fourth-order valence-electron chi connectivity index (χ4n) is 4.45. The molecule has 2 aliphatic heterocycles. The van der Waals surface area contributed by atoms with Gasteiger partial charge in [0.15, 0.2) is 0 Å². The van der Waals surface area contributed by atoms with E-state index in [0.29, 0.717) is 12.1 Å². The Kier molecular flexibility index (Phi) is 4.81. The zero-order valence-electron chi connectivity index (χ0n) is 16.9. The van der Waals surface area contributed by atoms with E-state index in [0.717, 1.165) is 67.5 Å². The highest BCUT2D eigenvalue weighted by atomic mass is 16.5. The maximum absolute atomic E-state index is 5.55. The molecule has 3 aromatic rings. The maximum atomic E-state index is 5.55. The van der Waals surface area contributed by atoms with Crippen molar-refractivity contribution in [3.8, 4) is 11.4 Å². The van der Waals surface area contributed by atoms with Crippen LogP contribution in [0, 0.1) is 0 Å². The molecule has 0 aromatic carbocycles. The van der Waals surface area contributed by atoms with Crippen molar-refractivity contribution in [2.24, 2.45) is 0 Å². The summed E-state index contributed by atoms with van der Waals surface area (Å²) in [6, 6.07) is 7.14. The first-order valence-corrected chi connectivity index (χ1v) is 10.3. The Hall–Kier alpha value is -2.71. The molecule has 0 aliphatic carbocycles. The van der Waals surface area contributed by atoms with Crippen LogP contribution in [0.25, 0.3) is 22.3 Å². The normalized spacial score (nSPS) is 23.0. The zero-order valence-corrected chi connectivity index (χ0v) is 16.9. The molecule has 2 N–H and O–H groups in total. The van der Waals surface area contributed by atoms with Crippen LogP contribution in [-0.2, 0) is 4.74 Å². The van der Waals surface area contributed by atoms with Gasteiger partial charge in [-0.15, -0.1) is 0 Å². The number of nitrogens with one attached hydrogen (secondary N) is 2. The van der Waals surface area contributed by atoms with Crippen LogP contribution in [0.2, 0.25) is 0 Å². The van der Waals surface area contributed by atoms with Crippen LogP contribution >= 0.6 is 0 Å². The molecule has 8 nitrogen and oxygen atoms in total. The van der Waals surface area contributed by atoms with Crippen molar-refractivity contribution in [2.75, 3.05) is 49.2 Å². The summed E-state index contributed by atoms with van der Waals surface area (Å²) in [5.74, 6) is 0.989. The van der Waals surface area contributed by atoms with E-state index in [1.807, 2.05) is 12.3 Å². The van der Waals surface area contributed by atoms with Crippen molar-refractivity contribution in [3.05, 3.63) is 30.6 Å². The number of pyridine rings is 2. The summed E-state index contributed by atoms with van der Waals surface area (Å²) in [6.45, 7) is 9.59. The summed E-state index contributed by atoms with van der Waals surface area (Å²) < 4.78 is 5.55. The molecular formula is C21H27N7O. The van der Waals surface area contributed by atoms with Crippen molar-refractivity contribution < 1.29 is 4.74 Å². The minimum atomic E-state index is 0.433. The van der Waals surface area contributed by atoms with Gasteiger partial charge in [-0.3, -0.25) is 10.1 Å². The molecule has 0 amide bonds. The summed E-state index contributed by atoms with van der Waals surface area (Å²) in [7, 11) is 0. The number of nitrogens with zero attached hydrogens (tertiary/aromatic N) is 5. The predicted molar refractivity (Wildman–Crippen MR) is 114 cm³/mol. The molecule has 0 radical (unpaired) electrons. The third-order valence-corrected chi connectivity index (χ3v) is 5.68. The Morgan fingerprint density at radius 1 is 1.03 bits per heavy atom. The third-order valence-electron chi connectivity index (χ3n) is 5.68. The number of hydrogen-bond acceptors (Lipinski definition) is 7. The molecule has 8 heteroatoms. The first-order chi connectivity index (χ1) is 14.2. The lowest BCUT2D eigenvalue weighted by molar-refractivity contribution is 0.122. The second-order valence-corrected chi connectivity index (χ2v) is 8.00. The maximum Gasteiger partial charge on any atom is 0.131 e. The topological polar surface area (TPSA) is 82.2 Å². The summed E-state index contributed by atoms with van der Waals surface area (Å²) >= 11 is 0. The number of fused-ring (bicyclic) bond motifs is 1. The van der Waals surface area contributed by atoms with Crippen LogP contribution in [0.5, 0.6) is 0 Å². The average Bonchev–Trinajstić information content (AvgIpc) is 3.27. The second kappa shape index (κ2) is 7.61. The number of rotatable bonds is 3. The van der Waals surface area contributed by atoms with Gasteiger partial charge in [-0.25, -0.2) is 4.98 Å². The number of ether oxygens (including phenoxy) is 1. The molecule has 5 rings (SSSR count). The lowest BCUT2D eigenvalue weighted by Crippen LogP contribution is -2.54. The van der Waals surface area contributed by atoms with Gasteiger partial charge < -0.3 is 19.9 Å². The monoisotopic (exact) mass is 393 g/mol. The van der Waals surface area contributed by atoms with Crippen molar-refractivity contribution >= 4 is 22.4 Å². The van der Waals surface area contributed by atoms with E-state index < -0.39 is 0 Å².